The first-order valence-corrected chi connectivity index (χ1v) is 6.82. The van der Waals surface area contributed by atoms with E-state index in [1.807, 2.05) is 0 Å². The van der Waals surface area contributed by atoms with Gasteiger partial charge in [-0.15, -0.1) is 0 Å². The highest BCUT2D eigenvalue weighted by molar-refractivity contribution is 5.98. The lowest BCUT2D eigenvalue weighted by Gasteiger charge is -2.23. The second-order valence-electron chi connectivity index (χ2n) is 4.80. The number of rotatable bonds is 6. The Labute approximate surface area is 117 Å². The molecule has 0 atom stereocenters. The summed E-state index contributed by atoms with van der Waals surface area (Å²) in [5.41, 5.74) is 5.91. The van der Waals surface area contributed by atoms with Crippen LogP contribution in [0.25, 0.3) is 0 Å². The molecule has 0 aromatic heterocycles. The van der Waals surface area contributed by atoms with Crippen molar-refractivity contribution in [3.63, 3.8) is 0 Å². The third-order valence-corrected chi connectivity index (χ3v) is 3.30. The van der Waals surface area contributed by atoms with Gasteiger partial charge in [-0.1, -0.05) is 0 Å². The summed E-state index contributed by atoms with van der Waals surface area (Å²) in [6, 6.07) is 3.95. The first kappa shape index (κ1) is 14.7. The predicted octanol–water partition coefficient (Wildman–Crippen LogP) is 1.11. The fraction of sp³-hybridized carbons (Fsp3) is 0.500. The molecular weight excluding hydrogens is 261 g/mol. The molecule has 0 saturated carbocycles. The van der Waals surface area contributed by atoms with Gasteiger partial charge in [-0.2, -0.15) is 0 Å². The fourth-order valence-electron chi connectivity index (χ4n) is 2.25. The third kappa shape index (κ3) is 4.18. The average Bonchev–Trinajstić information content (AvgIpc) is 2.45. The zero-order chi connectivity index (χ0) is 14.4. The van der Waals surface area contributed by atoms with E-state index in [1.165, 1.54) is 12.1 Å². The number of carbonyl (C=O) groups excluding carboxylic acids is 1. The Morgan fingerprint density at radius 3 is 2.90 bits per heavy atom. The molecule has 0 aliphatic carbocycles. The monoisotopic (exact) mass is 281 g/mol. The van der Waals surface area contributed by atoms with E-state index in [0.29, 0.717) is 24.9 Å². The fourth-order valence-corrected chi connectivity index (χ4v) is 2.25. The van der Waals surface area contributed by atoms with Crippen LogP contribution in [-0.2, 0) is 4.74 Å². The molecule has 4 N–H and O–H groups in total. The molecule has 1 fully saturated rings. The minimum absolute atomic E-state index is 0.159. The number of piperidine rings is 1. The first-order valence-electron chi connectivity index (χ1n) is 6.82. The Hall–Kier alpha value is -1.66. The van der Waals surface area contributed by atoms with Gasteiger partial charge in [0.15, 0.2) is 0 Å². The molecule has 1 aromatic carbocycles. The van der Waals surface area contributed by atoms with Crippen molar-refractivity contribution >= 4 is 11.6 Å². The Morgan fingerprint density at radius 2 is 2.20 bits per heavy atom. The number of hydrogen-bond donors (Lipinski definition) is 3. The van der Waals surface area contributed by atoms with Crippen LogP contribution in [0.2, 0.25) is 0 Å². The minimum Gasteiger partial charge on any atom is -0.382 e. The van der Waals surface area contributed by atoms with Crippen molar-refractivity contribution in [2.45, 2.75) is 18.9 Å². The van der Waals surface area contributed by atoms with Crippen LogP contribution < -0.4 is 16.4 Å². The SMILES string of the molecule is NC(=O)c1cc(F)ccc1NCCOC1CCNCC1. The van der Waals surface area contributed by atoms with E-state index in [1.54, 1.807) is 0 Å². The molecule has 1 saturated heterocycles. The van der Waals surface area contributed by atoms with Crippen molar-refractivity contribution < 1.29 is 13.9 Å². The van der Waals surface area contributed by atoms with Crippen molar-refractivity contribution in [2.75, 3.05) is 31.6 Å². The predicted molar refractivity (Wildman–Crippen MR) is 75.3 cm³/mol. The number of halogens is 1. The number of nitrogens with two attached hydrogens (primary N) is 1. The smallest absolute Gasteiger partial charge is 0.250 e. The number of amides is 1. The van der Waals surface area contributed by atoms with Gasteiger partial charge in [0.25, 0.3) is 5.91 Å². The van der Waals surface area contributed by atoms with Gasteiger partial charge in [0.1, 0.15) is 5.82 Å². The Bertz CT molecular complexity index is 462. The standard InChI is InChI=1S/C14H20FN3O2/c15-10-1-2-13(12(9-10)14(16)19)18-7-8-20-11-3-5-17-6-4-11/h1-2,9,11,17-18H,3-8H2,(H2,16,19). The first-order chi connectivity index (χ1) is 9.66. The highest BCUT2D eigenvalue weighted by Crippen LogP contribution is 2.16. The van der Waals surface area contributed by atoms with E-state index in [4.69, 9.17) is 10.5 Å². The Balaban J connectivity index is 1.80. The van der Waals surface area contributed by atoms with Crippen molar-refractivity contribution in [3.05, 3.63) is 29.6 Å². The average molecular weight is 281 g/mol. The number of anilines is 1. The molecule has 1 aliphatic rings. The maximum Gasteiger partial charge on any atom is 0.250 e. The van der Waals surface area contributed by atoms with Crippen molar-refractivity contribution in [3.8, 4) is 0 Å². The van der Waals surface area contributed by atoms with E-state index in [-0.39, 0.29) is 5.56 Å². The Morgan fingerprint density at radius 1 is 1.45 bits per heavy atom. The number of primary amides is 1. The van der Waals surface area contributed by atoms with Crippen LogP contribution in [0.15, 0.2) is 18.2 Å². The van der Waals surface area contributed by atoms with Crippen LogP contribution in [0.4, 0.5) is 10.1 Å². The molecule has 0 radical (unpaired) electrons. The number of ether oxygens (including phenoxy) is 1. The molecule has 0 unspecified atom stereocenters. The quantitative estimate of drug-likeness (QED) is 0.683. The molecule has 110 valence electrons. The Kier molecular flexibility index (Phi) is 5.31. The number of carbonyl (C=O) groups is 1. The summed E-state index contributed by atoms with van der Waals surface area (Å²) in [6.07, 6.45) is 2.33. The third-order valence-electron chi connectivity index (χ3n) is 3.30. The minimum atomic E-state index is -0.647. The van der Waals surface area contributed by atoms with Crippen LogP contribution >= 0.6 is 0 Å². The van der Waals surface area contributed by atoms with Crippen LogP contribution in [0.1, 0.15) is 23.2 Å². The number of nitrogens with one attached hydrogen (secondary N) is 2. The molecule has 6 heteroatoms. The number of benzene rings is 1. The van der Waals surface area contributed by atoms with E-state index in [0.717, 1.165) is 32.0 Å². The molecule has 1 heterocycles. The lowest BCUT2D eigenvalue weighted by molar-refractivity contribution is 0.0394. The molecule has 1 aliphatic heterocycles. The zero-order valence-electron chi connectivity index (χ0n) is 11.3. The molecule has 2 rings (SSSR count). The maximum atomic E-state index is 13.1. The van der Waals surface area contributed by atoms with Crippen molar-refractivity contribution in [1.82, 2.24) is 5.32 Å². The van der Waals surface area contributed by atoms with Gasteiger partial charge in [-0.3, -0.25) is 4.79 Å². The summed E-state index contributed by atoms with van der Waals surface area (Å²) in [5, 5.41) is 6.33. The molecule has 0 bridgehead atoms. The van der Waals surface area contributed by atoms with Crippen molar-refractivity contribution in [2.24, 2.45) is 5.73 Å². The molecule has 0 spiro atoms. The van der Waals surface area contributed by atoms with E-state index in [2.05, 4.69) is 10.6 Å². The van der Waals surface area contributed by atoms with E-state index in [9.17, 15) is 9.18 Å². The summed E-state index contributed by atoms with van der Waals surface area (Å²) < 4.78 is 18.8. The van der Waals surface area contributed by atoms with Gasteiger partial charge >= 0.3 is 0 Å². The lowest BCUT2D eigenvalue weighted by atomic mass is 10.1. The second-order valence-corrected chi connectivity index (χ2v) is 4.80. The molecule has 20 heavy (non-hydrogen) atoms. The van der Waals surface area contributed by atoms with Gasteiger partial charge in [0, 0.05) is 12.2 Å². The van der Waals surface area contributed by atoms with Crippen molar-refractivity contribution in [1.29, 1.82) is 0 Å². The molecular formula is C14H20FN3O2. The molecule has 1 amide bonds. The zero-order valence-corrected chi connectivity index (χ0v) is 11.3. The molecule has 1 aromatic rings. The highest BCUT2D eigenvalue weighted by Gasteiger charge is 2.13. The second kappa shape index (κ2) is 7.21. The maximum absolute atomic E-state index is 13.1. The summed E-state index contributed by atoms with van der Waals surface area (Å²) >= 11 is 0. The van der Waals surface area contributed by atoms with Gasteiger partial charge in [-0.25, -0.2) is 4.39 Å². The van der Waals surface area contributed by atoms with E-state index >= 15 is 0 Å². The van der Waals surface area contributed by atoms with Crippen LogP contribution in [0, 0.1) is 5.82 Å². The molecule has 5 nitrogen and oxygen atoms in total. The largest absolute Gasteiger partial charge is 0.382 e. The summed E-state index contributed by atoms with van der Waals surface area (Å²) in [6.45, 7) is 3.07. The van der Waals surface area contributed by atoms with Gasteiger partial charge < -0.3 is 21.1 Å². The normalized spacial score (nSPS) is 16.1. The number of hydrogen-bond acceptors (Lipinski definition) is 4. The summed E-state index contributed by atoms with van der Waals surface area (Å²) in [7, 11) is 0. The van der Waals surface area contributed by atoms with Gasteiger partial charge in [0.05, 0.1) is 18.3 Å². The highest BCUT2D eigenvalue weighted by atomic mass is 19.1. The van der Waals surface area contributed by atoms with Gasteiger partial charge in [-0.05, 0) is 44.1 Å². The summed E-state index contributed by atoms with van der Waals surface area (Å²) in [4.78, 5) is 11.2. The van der Waals surface area contributed by atoms with Crippen LogP contribution in [-0.4, -0.2) is 38.3 Å². The van der Waals surface area contributed by atoms with Gasteiger partial charge in [0.2, 0.25) is 0 Å². The summed E-state index contributed by atoms with van der Waals surface area (Å²) in [5.74, 6) is -1.12. The van der Waals surface area contributed by atoms with Crippen LogP contribution in [0.5, 0.6) is 0 Å². The van der Waals surface area contributed by atoms with E-state index < -0.39 is 11.7 Å². The lowest BCUT2D eigenvalue weighted by Crippen LogP contribution is -2.33. The topological polar surface area (TPSA) is 76.4 Å². The van der Waals surface area contributed by atoms with Crippen LogP contribution in [0.3, 0.4) is 0 Å².